The Labute approximate surface area is 144 Å². The summed E-state index contributed by atoms with van der Waals surface area (Å²) in [5, 5.41) is 10.5. The first-order chi connectivity index (χ1) is 11.8. The molecule has 0 saturated heterocycles. The van der Waals surface area contributed by atoms with Crippen molar-refractivity contribution < 1.29 is 5.11 Å². The van der Waals surface area contributed by atoms with Gasteiger partial charge in [-0.05, 0) is 29.3 Å². The summed E-state index contributed by atoms with van der Waals surface area (Å²) in [6.45, 7) is 0. The first kappa shape index (κ1) is 14.7. The molecular formula is C21H15NOS. The lowest BCUT2D eigenvalue weighted by molar-refractivity contribution is 0.476. The van der Waals surface area contributed by atoms with Crippen molar-refractivity contribution in [1.29, 1.82) is 0 Å². The number of hydrogen-bond acceptors (Lipinski definition) is 3. The average Bonchev–Trinajstić information content (AvgIpc) is 3.04. The molecule has 1 aromatic heterocycles. The number of fused-ring (bicyclic) bond motifs is 1. The molecule has 4 aromatic rings. The number of thiazole rings is 1. The molecule has 0 amide bonds. The maximum Gasteiger partial charge on any atom is 0.124 e. The summed E-state index contributed by atoms with van der Waals surface area (Å²) in [4.78, 5) is 4.64. The zero-order valence-corrected chi connectivity index (χ0v) is 13.7. The third-order valence-corrected chi connectivity index (χ3v) is 4.86. The van der Waals surface area contributed by atoms with E-state index < -0.39 is 0 Å². The van der Waals surface area contributed by atoms with Crippen LogP contribution in [-0.2, 0) is 0 Å². The molecule has 0 aliphatic carbocycles. The lowest BCUT2D eigenvalue weighted by Crippen LogP contribution is -1.77. The normalized spacial score (nSPS) is 11.3. The number of rotatable bonds is 3. The van der Waals surface area contributed by atoms with Gasteiger partial charge in [-0.1, -0.05) is 66.7 Å². The number of hydrogen-bond donors (Lipinski definition) is 1. The fraction of sp³-hybridized carbons (Fsp3) is 0. The lowest BCUT2D eigenvalue weighted by Gasteiger charge is -1.98. The van der Waals surface area contributed by atoms with Crippen molar-refractivity contribution in [2.24, 2.45) is 0 Å². The second kappa shape index (κ2) is 6.30. The molecule has 0 unspecified atom stereocenters. The maximum atomic E-state index is 9.57. The Hall–Kier alpha value is -2.91. The van der Waals surface area contributed by atoms with E-state index in [2.05, 4.69) is 53.5 Å². The molecule has 116 valence electrons. The zero-order valence-electron chi connectivity index (χ0n) is 12.9. The van der Waals surface area contributed by atoms with Gasteiger partial charge in [-0.25, -0.2) is 4.98 Å². The van der Waals surface area contributed by atoms with E-state index >= 15 is 0 Å². The minimum Gasteiger partial charge on any atom is -0.508 e. The second-order valence-electron chi connectivity index (χ2n) is 5.54. The van der Waals surface area contributed by atoms with Gasteiger partial charge in [-0.3, -0.25) is 0 Å². The minimum absolute atomic E-state index is 0.277. The van der Waals surface area contributed by atoms with E-state index in [9.17, 15) is 5.11 Å². The molecule has 0 aliphatic heterocycles. The predicted octanol–water partition coefficient (Wildman–Crippen LogP) is 5.84. The van der Waals surface area contributed by atoms with Gasteiger partial charge in [0, 0.05) is 5.56 Å². The second-order valence-corrected chi connectivity index (χ2v) is 6.57. The molecule has 0 aliphatic rings. The first-order valence-electron chi connectivity index (χ1n) is 7.71. The van der Waals surface area contributed by atoms with E-state index in [0.717, 1.165) is 26.4 Å². The highest BCUT2D eigenvalue weighted by Crippen LogP contribution is 2.32. The standard InChI is InChI=1S/C21H15NOS/c23-18-12-13-19-20(14-18)24-21(22-19)17-10-8-16(9-11-17)7-6-15-4-2-1-3-5-15/h1-14,23H. The molecule has 0 saturated carbocycles. The van der Waals surface area contributed by atoms with Gasteiger partial charge >= 0.3 is 0 Å². The van der Waals surface area contributed by atoms with Gasteiger partial charge in [0.2, 0.25) is 0 Å². The number of benzene rings is 3. The Morgan fingerprint density at radius 1 is 0.792 bits per heavy atom. The van der Waals surface area contributed by atoms with Crippen LogP contribution in [0.5, 0.6) is 5.75 Å². The van der Waals surface area contributed by atoms with Crippen molar-refractivity contribution in [3.8, 4) is 16.3 Å². The fourth-order valence-corrected chi connectivity index (χ4v) is 3.53. The number of aromatic hydroxyl groups is 1. The van der Waals surface area contributed by atoms with E-state index in [1.807, 2.05) is 24.3 Å². The van der Waals surface area contributed by atoms with Crippen LogP contribution in [0.25, 0.3) is 32.9 Å². The molecule has 3 aromatic carbocycles. The number of aromatic nitrogens is 1. The summed E-state index contributed by atoms with van der Waals surface area (Å²) >= 11 is 1.59. The lowest BCUT2D eigenvalue weighted by atomic mass is 10.1. The van der Waals surface area contributed by atoms with Gasteiger partial charge in [0.1, 0.15) is 10.8 Å². The summed E-state index contributed by atoms with van der Waals surface area (Å²) in [5.74, 6) is 0.277. The molecule has 2 nitrogen and oxygen atoms in total. The van der Waals surface area contributed by atoms with Crippen molar-refractivity contribution in [1.82, 2.24) is 4.98 Å². The molecule has 0 bridgehead atoms. The van der Waals surface area contributed by atoms with E-state index in [4.69, 9.17) is 0 Å². The van der Waals surface area contributed by atoms with Crippen LogP contribution in [0.1, 0.15) is 11.1 Å². The van der Waals surface area contributed by atoms with Crippen LogP contribution in [0.2, 0.25) is 0 Å². The third kappa shape index (κ3) is 3.07. The number of phenolic OH excluding ortho intramolecular Hbond substituents is 1. The molecule has 4 rings (SSSR count). The minimum atomic E-state index is 0.277. The highest BCUT2D eigenvalue weighted by atomic mass is 32.1. The summed E-state index contributed by atoms with van der Waals surface area (Å²) in [7, 11) is 0. The quantitative estimate of drug-likeness (QED) is 0.479. The SMILES string of the molecule is Oc1ccc2nc(-c3ccc(C=Cc4ccccc4)cc3)sc2c1. The number of nitrogens with zero attached hydrogens (tertiary/aromatic N) is 1. The van der Waals surface area contributed by atoms with Crippen LogP contribution in [0.3, 0.4) is 0 Å². The van der Waals surface area contributed by atoms with Crippen LogP contribution in [0, 0.1) is 0 Å². The Balaban J connectivity index is 1.59. The molecule has 24 heavy (non-hydrogen) atoms. The monoisotopic (exact) mass is 329 g/mol. The Morgan fingerprint density at radius 2 is 1.50 bits per heavy atom. The van der Waals surface area contributed by atoms with Gasteiger partial charge in [-0.2, -0.15) is 0 Å². The van der Waals surface area contributed by atoms with Crippen LogP contribution < -0.4 is 0 Å². The third-order valence-electron chi connectivity index (χ3n) is 3.80. The van der Waals surface area contributed by atoms with Gasteiger partial charge in [0.15, 0.2) is 0 Å². The summed E-state index contributed by atoms with van der Waals surface area (Å²) in [6, 6.07) is 23.9. The van der Waals surface area contributed by atoms with Crippen LogP contribution in [0.4, 0.5) is 0 Å². The smallest absolute Gasteiger partial charge is 0.124 e. The molecule has 0 atom stereocenters. The van der Waals surface area contributed by atoms with E-state index in [0.29, 0.717) is 0 Å². The van der Waals surface area contributed by atoms with E-state index in [1.54, 1.807) is 23.5 Å². The Bertz CT molecular complexity index is 1000. The molecule has 3 heteroatoms. The molecule has 1 heterocycles. The fourth-order valence-electron chi connectivity index (χ4n) is 2.53. The average molecular weight is 329 g/mol. The first-order valence-corrected chi connectivity index (χ1v) is 8.53. The summed E-state index contributed by atoms with van der Waals surface area (Å²) < 4.78 is 0.998. The van der Waals surface area contributed by atoms with Gasteiger partial charge < -0.3 is 5.11 Å². The molecule has 0 fully saturated rings. The predicted molar refractivity (Wildman–Crippen MR) is 102 cm³/mol. The molecule has 0 spiro atoms. The Morgan fingerprint density at radius 3 is 2.25 bits per heavy atom. The highest BCUT2D eigenvalue weighted by molar-refractivity contribution is 7.21. The molecule has 1 N–H and O–H groups in total. The van der Waals surface area contributed by atoms with Gasteiger partial charge in [0.05, 0.1) is 10.2 Å². The van der Waals surface area contributed by atoms with Gasteiger partial charge in [-0.15, -0.1) is 11.3 Å². The summed E-state index contributed by atoms with van der Waals surface area (Å²) in [5.41, 5.74) is 4.35. The van der Waals surface area contributed by atoms with Crippen LogP contribution in [0.15, 0.2) is 72.8 Å². The zero-order chi connectivity index (χ0) is 16.4. The van der Waals surface area contributed by atoms with Crippen molar-refractivity contribution in [2.75, 3.05) is 0 Å². The maximum absolute atomic E-state index is 9.57. The number of phenols is 1. The van der Waals surface area contributed by atoms with Crippen molar-refractivity contribution in [3.63, 3.8) is 0 Å². The van der Waals surface area contributed by atoms with Crippen molar-refractivity contribution in [2.45, 2.75) is 0 Å². The topological polar surface area (TPSA) is 33.1 Å². The van der Waals surface area contributed by atoms with Crippen LogP contribution >= 0.6 is 11.3 Å². The van der Waals surface area contributed by atoms with Crippen molar-refractivity contribution >= 4 is 33.7 Å². The molecular weight excluding hydrogens is 314 g/mol. The largest absolute Gasteiger partial charge is 0.508 e. The Kier molecular flexibility index (Phi) is 3.85. The van der Waals surface area contributed by atoms with Crippen molar-refractivity contribution in [3.05, 3.63) is 83.9 Å². The van der Waals surface area contributed by atoms with E-state index in [-0.39, 0.29) is 5.75 Å². The van der Waals surface area contributed by atoms with E-state index in [1.165, 1.54) is 5.56 Å². The summed E-state index contributed by atoms with van der Waals surface area (Å²) in [6.07, 6.45) is 4.21. The highest BCUT2D eigenvalue weighted by Gasteiger charge is 2.06. The van der Waals surface area contributed by atoms with Crippen LogP contribution in [-0.4, -0.2) is 10.1 Å². The van der Waals surface area contributed by atoms with Gasteiger partial charge in [0.25, 0.3) is 0 Å². The molecule has 0 radical (unpaired) electrons.